The second kappa shape index (κ2) is 8.85. The molecule has 1 aliphatic carbocycles. The van der Waals surface area contributed by atoms with Crippen molar-refractivity contribution in [3.05, 3.63) is 36.2 Å². The van der Waals surface area contributed by atoms with Crippen LogP contribution in [0.15, 0.2) is 34.9 Å². The van der Waals surface area contributed by atoms with Crippen LogP contribution in [0.5, 0.6) is 0 Å². The van der Waals surface area contributed by atoms with Crippen molar-refractivity contribution in [2.75, 3.05) is 6.54 Å². The molecule has 2 aromatic rings. The number of amides is 1. The molecule has 1 aromatic heterocycles. The molecule has 1 saturated heterocycles. The fourth-order valence-corrected chi connectivity index (χ4v) is 4.22. The van der Waals surface area contributed by atoms with Gasteiger partial charge in [-0.25, -0.2) is 0 Å². The molecule has 1 aliphatic heterocycles. The highest BCUT2D eigenvalue weighted by Gasteiger charge is 2.35. The van der Waals surface area contributed by atoms with Crippen LogP contribution in [0.3, 0.4) is 0 Å². The Balaban J connectivity index is 0.00000210. The molecule has 2 N–H and O–H groups in total. The molecule has 2 heterocycles. The summed E-state index contributed by atoms with van der Waals surface area (Å²) in [5.41, 5.74) is 7.08. The average molecular weight is 391 g/mol. The van der Waals surface area contributed by atoms with Gasteiger partial charge in [0.05, 0.1) is 0 Å². The van der Waals surface area contributed by atoms with Crippen LogP contribution >= 0.6 is 12.4 Å². The Kier molecular flexibility index (Phi) is 6.50. The predicted octanol–water partition coefficient (Wildman–Crippen LogP) is 3.73. The number of hydrogen-bond acceptors (Lipinski definition) is 5. The van der Waals surface area contributed by atoms with Gasteiger partial charge in [0.2, 0.25) is 17.6 Å². The number of rotatable bonds is 4. The number of halogens is 1. The molecule has 146 valence electrons. The summed E-state index contributed by atoms with van der Waals surface area (Å²) in [5, 5.41) is 4.13. The number of aromatic nitrogens is 2. The van der Waals surface area contributed by atoms with Crippen LogP contribution in [0.25, 0.3) is 11.4 Å². The molecule has 1 amide bonds. The molecule has 1 unspecified atom stereocenters. The summed E-state index contributed by atoms with van der Waals surface area (Å²) in [6.07, 6.45) is 6.73. The van der Waals surface area contributed by atoms with E-state index in [9.17, 15) is 4.79 Å². The lowest BCUT2D eigenvalue weighted by Gasteiger charge is -2.34. The van der Waals surface area contributed by atoms with Crippen molar-refractivity contribution < 1.29 is 9.32 Å². The Hall–Kier alpha value is -1.92. The van der Waals surface area contributed by atoms with Crippen molar-refractivity contribution >= 4 is 18.3 Å². The lowest BCUT2D eigenvalue weighted by molar-refractivity contribution is -0.136. The minimum absolute atomic E-state index is 0. The van der Waals surface area contributed by atoms with E-state index in [4.69, 9.17) is 10.3 Å². The molecular weight excluding hydrogens is 364 g/mol. The van der Waals surface area contributed by atoms with Crippen molar-refractivity contribution in [3.8, 4) is 11.4 Å². The minimum Gasteiger partial charge on any atom is -0.337 e. The van der Waals surface area contributed by atoms with E-state index in [0.717, 1.165) is 50.6 Å². The van der Waals surface area contributed by atoms with Crippen molar-refractivity contribution in [2.45, 2.75) is 57.0 Å². The molecule has 0 radical (unpaired) electrons. The van der Waals surface area contributed by atoms with Crippen LogP contribution in [0.2, 0.25) is 0 Å². The van der Waals surface area contributed by atoms with Crippen LogP contribution in [0, 0.1) is 5.92 Å². The van der Waals surface area contributed by atoms with Crippen LogP contribution < -0.4 is 5.73 Å². The summed E-state index contributed by atoms with van der Waals surface area (Å²) in [6, 6.07) is 9.83. The number of benzene rings is 1. The van der Waals surface area contributed by atoms with E-state index < -0.39 is 0 Å². The second-order valence-corrected chi connectivity index (χ2v) is 7.48. The SMILES string of the molecule is Cl.N[C@@H]1CCC[C@H]1CC(=O)N1CCCCC1c1nc(-c2ccccc2)no1. The van der Waals surface area contributed by atoms with Gasteiger partial charge in [-0.1, -0.05) is 41.9 Å². The fourth-order valence-electron chi connectivity index (χ4n) is 4.22. The van der Waals surface area contributed by atoms with Crippen molar-refractivity contribution in [2.24, 2.45) is 11.7 Å². The zero-order valence-corrected chi connectivity index (χ0v) is 16.2. The predicted molar refractivity (Wildman–Crippen MR) is 105 cm³/mol. The zero-order chi connectivity index (χ0) is 17.9. The van der Waals surface area contributed by atoms with E-state index in [-0.39, 0.29) is 30.4 Å². The maximum absolute atomic E-state index is 12.9. The van der Waals surface area contributed by atoms with E-state index in [0.29, 0.717) is 24.1 Å². The van der Waals surface area contributed by atoms with E-state index in [1.807, 2.05) is 35.2 Å². The van der Waals surface area contributed by atoms with Crippen LogP contribution in [0.4, 0.5) is 0 Å². The molecular formula is C20H27ClN4O2. The van der Waals surface area contributed by atoms with E-state index in [1.54, 1.807) is 0 Å². The number of likely N-dealkylation sites (tertiary alicyclic amines) is 1. The first-order valence-electron chi connectivity index (χ1n) is 9.66. The molecule has 2 aliphatic rings. The monoisotopic (exact) mass is 390 g/mol. The first kappa shape index (κ1) is 19.8. The van der Waals surface area contributed by atoms with Gasteiger partial charge in [-0.2, -0.15) is 4.98 Å². The smallest absolute Gasteiger partial charge is 0.249 e. The Morgan fingerprint density at radius 1 is 1.15 bits per heavy atom. The topological polar surface area (TPSA) is 85.3 Å². The van der Waals surface area contributed by atoms with Gasteiger partial charge in [0, 0.05) is 24.6 Å². The average Bonchev–Trinajstić information content (AvgIpc) is 3.32. The number of carbonyl (C=O) groups excluding carboxylic acids is 1. The largest absolute Gasteiger partial charge is 0.337 e. The summed E-state index contributed by atoms with van der Waals surface area (Å²) in [5.74, 6) is 1.62. The molecule has 0 spiro atoms. The van der Waals surface area contributed by atoms with Crippen LogP contribution in [-0.2, 0) is 4.79 Å². The third-order valence-corrected chi connectivity index (χ3v) is 5.74. The molecule has 0 bridgehead atoms. The maximum Gasteiger partial charge on any atom is 0.249 e. The summed E-state index contributed by atoms with van der Waals surface area (Å²) >= 11 is 0. The lowest BCUT2D eigenvalue weighted by atomic mass is 9.96. The van der Waals surface area contributed by atoms with E-state index in [2.05, 4.69) is 10.1 Å². The summed E-state index contributed by atoms with van der Waals surface area (Å²) in [6.45, 7) is 0.758. The summed E-state index contributed by atoms with van der Waals surface area (Å²) < 4.78 is 5.55. The van der Waals surface area contributed by atoms with Crippen molar-refractivity contribution in [1.29, 1.82) is 0 Å². The first-order valence-corrected chi connectivity index (χ1v) is 9.66. The first-order chi connectivity index (χ1) is 12.7. The number of hydrogen-bond donors (Lipinski definition) is 1. The summed E-state index contributed by atoms with van der Waals surface area (Å²) in [4.78, 5) is 19.5. The zero-order valence-electron chi connectivity index (χ0n) is 15.4. The standard InChI is InChI=1S/C20H26N4O2.ClH/c21-16-10-6-9-15(16)13-18(25)24-12-5-4-11-17(24)20-22-19(23-26-20)14-7-2-1-3-8-14;/h1-3,7-8,15-17H,4-6,9-13,21H2;1H/t15-,16+,17?;/m0./s1. The van der Waals surface area contributed by atoms with Crippen molar-refractivity contribution in [1.82, 2.24) is 15.0 Å². The second-order valence-electron chi connectivity index (χ2n) is 7.48. The van der Waals surface area contributed by atoms with E-state index >= 15 is 0 Å². The van der Waals surface area contributed by atoms with Gasteiger partial charge in [0.1, 0.15) is 6.04 Å². The number of nitrogens with two attached hydrogens (primary N) is 1. The third kappa shape index (κ3) is 4.33. The molecule has 6 nitrogen and oxygen atoms in total. The highest BCUT2D eigenvalue weighted by atomic mass is 35.5. The number of nitrogens with zero attached hydrogens (tertiary/aromatic N) is 3. The highest BCUT2D eigenvalue weighted by Crippen LogP contribution is 2.34. The quantitative estimate of drug-likeness (QED) is 0.859. The van der Waals surface area contributed by atoms with Gasteiger partial charge < -0.3 is 15.2 Å². The van der Waals surface area contributed by atoms with Crippen LogP contribution in [-0.4, -0.2) is 33.5 Å². The molecule has 4 rings (SSSR count). The van der Waals surface area contributed by atoms with Gasteiger partial charge in [0.15, 0.2) is 0 Å². The van der Waals surface area contributed by atoms with Gasteiger partial charge in [-0.3, -0.25) is 4.79 Å². The molecule has 1 aromatic carbocycles. The Labute approximate surface area is 165 Å². The Bertz CT molecular complexity index is 751. The van der Waals surface area contributed by atoms with Gasteiger partial charge in [-0.15, -0.1) is 12.4 Å². The van der Waals surface area contributed by atoms with Gasteiger partial charge in [-0.05, 0) is 38.0 Å². The van der Waals surface area contributed by atoms with E-state index in [1.165, 1.54) is 0 Å². The summed E-state index contributed by atoms with van der Waals surface area (Å²) in [7, 11) is 0. The molecule has 3 atom stereocenters. The maximum atomic E-state index is 12.9. The molecule has 7 heteroatoms. The normalized spacial score (nSPS) is 25.2. The van der Waals surface area contributed by atoms with Crippen molar-refractivity contribution in [3.63, 3.8) is 0 Å². The third-order valence-electron chi connectivity index (χ3n) is 5.74. The Morgan fingerprint density at radius 3 is 2.70 bits per heavy atom. The highest BCUT2D eigenvalue weighted by molar-refractivity contribution is 5.85. The fraction of sp³-hybridized carbons (Fsp3) is 0.550. The number of carbonyl (C=O) groups is 1. The van der Waals surface area contributed by atoms with Crippen LogP contribution in [0.1, 0.15) is 56.9 Å². The minimum atomic E-state index is -0.112. The number of piperidine rings is 1. The molecule has 1 saturated carbocycles. The van der Waals surface area contributed by atoms with Gasteiger partial charge in [0.25, 0.3) is 0 Å². The molecule has 2 fully saturated rings. The van der Waals surface area contributed by atoms with Gasteiger partial charge >= 0.3 is 0 Å². The lowest BCUT2D eigenvalue weighted by Crippen LogP contribution is -2.40. The molecule has 27 heavy (non-hydrogen) atoms. The Morgan fingerprint density at radius 2 is 1.96 bits per heavy atom.